The van der Waals surface area contributed by atoms with Crippen LogP contribution >= 0.6 is 11.6 Å². The SMILES string of the molecule is CC[C@H]1C=C[C@@H](NC(=O)OCc2ccccc2)[C@@H](O[C@H]2[C@@H](O)[C@H](O[C@@H]3[C@@H](O)[C@H](CS(=O)(=O)CCCCl)C[C@H](C)[C@H]3O[C@H]3O[C@H](CC)C=C[C@H]3NC(=O)OCc3ccccc3)O[C@@H]2CO)O1.CC[C@H]1C=C[C@@H](NC(=O)OCc2ccccc2)[C@@H](O[C@H]2[C@@H](O)[C@H](O[C@@H]3[C@@H](O)[C@H](CS(=O)(=O)CCCN=[N+]=[N-])C[C@H](C)[C@H]3O[C@H]3O[C@H](CC)C=C[C@H]3NC(=O)OCc3ccccc3)O[C@@H]2CO)O1. The Bertz CT molecular complexity index is 4640. The largest absolute Gasteiger partial charge is 0.445 e. The molecule has 0 spiro atoms. The summed E-state index contributed by atoms with van der Waals surface area (Å²) in [6.45, 7) is 10.0. The molecule has 6 heterocycles. The zero-order chi connectivity index (χ0) is 94.4. The highest BCUT2D eigenvalue weighted by molar-refractivity contribution is 7.91. The fraction of sp³-hybridized carbons (Fsp3) is 0.609. The van der Waals surface area contributed by atoms with Crippen molar-refractivity contribution < 1.29 is 142 Å². The summed E-state index contributed by atoms with van der Waals surface area (Å²) in [5, 5.41) is 83.5. The van der Waals surface area contributed by atoms with Crippen LogP contribution in [0.3, 0.4) is 0 Å². The predicted molar refractivity (Wildman–Crippen MR) is 477 cm³/mol. The van der Waals surface area contributed by atoms with Gasteiger partial charge in [0.05, 0.1) is 85.1 Å². The van der Waals surface area contributed by atoms with E-state index in [0.29, 0.717) is 25.7 Å². The van der Waals surface area contributed by atoms with Crippen LogP contribution in [-0.4, -0.2) is 280 Å². The van der Waals surface area contributed by atoms with Crippen molar-refractivity contribution >= 4 is 55.6 Å². The molecule has 8 aliphatic rings. The quantitative estimate of drug-likeness (QED) is 0.00378. The van der Waals surface area contributed by atoms with Crippen LogP contribution in [0.25, 0.3) is 10.4 Å². The number of alkyl carbamates (subject to hydrolysis) is 4. The first-order valence-corrected chi connectivity index (χ1v) is 49.2. The minimum atomic E-state index is -3.79. The van der Waals surface area contributed by atoms with E-state index in [1.54, 1.807) is 55.5 Å². The molecule has 12 rings (SSSR count). The molecule has 4 fully saturated rings. The van der Waals surface area contributed by atoms with Crippen molar-refractivity contribution in [1.82, 2.24) is 21.3 Å². The summed E-state index contributed by atoms with van der Waals surface area (Å²) >= 11 is 5.83. The molecule has 40 heteroatoms. The van der Waals surface area contributed by atoms with Crippen LogP contribution in [0.4, 0.5) is 19.2 Å². The van der Waals surface area contributed by atoms with E-state index in [1.807, 2.05) is 156 Å². The number of carbonyl (C=O) groups is 4. The lowest BCUT2D eigenvalue weighted by atomic mass is 9.77. The number of hydrogen-bond donors (Lipinski definition) is 10. The number of aliphatic hydroxyl groups is 6. The summed E-state index contributed by atoms with van der Waals surface area (Å²) in [4.78, 5) is 54.7. The maximum Gasteiger partial charge on any atom is 0.408 e. The van der Waals surface area contributed by atoms with Gasteiger partial charge in [0.25, 0.3) is 0 Å². The van der Waals surface area contributed by atoms with Gasteiger partial charge < -0.3 is 128 Å². The average molecular weight is 1910 g/mol. The number of benzene rings is 4. The van der Waals surface area contributed by atoms with Gasteiger partial charge >= 0.3 is 24.4 Å². The zero-order valence-electron chi connectivity index (χ0n) is 74.6. The van der Waals surface area contributed by atoms with Gasteiger partial charge in [-0.25, -0.2) is 36.0 Å². The molecule has 0 aromatic heterocycles. The number of alkyl halides is 1. The first kappa shape index (κ1) is 104. The Hall–Kier alpha value is -8.30. The van der Waals surface area contributed by atoms with Crippen LogP contribution in [0.5, 0.6) is 0 Å². The van der Waals surface area contributed by atoms with Crippen molar-refractivity contribution in [3.8, 4) is 0 Å². The molecule has 132 heavy (non-hydrogen) atoms. The van der Waals surface area contributed by atoms with E-state index in [9.17, 15) is 66.7 Å². The Morgan fingerprint density at radius 2 is 0.689 bits per heavy atom. The second-order valence-electron chi connectivity index (χ2n) is 33.8. The average Bonchev–Trinajstić information content (AvgIpc) is 1.33. The molecule has 2 aliphatic carbocycles. The number of aliphatic hydroxyl groups excluding tert-OH is 6. The Morgan fingerprint density at radius 1 is 0.409 bits per heavy atom. The molecular weight excluding hydrogens is 1780 g/mol. The maximum absolute atomic E-state index is 13.4. The van der Waals surface area contributed by atoms with E-state index in [0.717, 1.165) is 22.3 Å². The molecule has 0 radical (unpaired) electrons. The normalized spacial score (nSPS) is 33.2. The van der Waals surface area contributed by atoms with Crippen LogP contribution < -0.4 is 21.3 Å². The molecule has 37 nitrogen and oxygen atoms in total. The summed E-state index contributed by atoms with van der Waals surface area (Å²) in [5.74, 6) is -3.82. The lowest BCUT2D eigenvalue weighted by molar-refractivity contribution is -0.290. The van der Waals surface area contributed by atoms with Crippen molar-refractivity contribution in [3.63, 3.8) is 0 Å². The molecule has 6 aliphatic heterocycles. The van der Waals surface area contributed by atoms with Crippen molar-refractivity contribution in [1.29, 1.82) is 0 Å². The number of hydrogen-bond acceptors (Lipinski definition) is 31. The molecule has 0 unspecified atom stereocenters. The first-order valence-electron chi connectivity index (χ1n) is 45.0. The highest BCUT2D eigenvalue weighted by atomic mass is 35.5. The van der Waals surface area contributed by atoms with Gasteiger partial charge in [0.15, 0.2) is 57.4 Å². The molecule has 30 atom stereocenters. The maximum atomic E-state index is 13.4. The van der Waals surface area contributed by atoms with Gasteiger partial charge in [-0.1, -0.05) is 217 Å². The third kappa shape index (κ3) is 30.3. The van der Waals surface area contributed by atoms with Crippen LogP contribution in [0.1, 0.15) is 115 Å². The van der Waals surface area contributed by atoms with Gasteiger partial charge in [-0.05, 0) is 91.0 Å². The van der Waals surface area contributed by atoms with Crippen LogP contribution in [0, 0.1) is 23.7 Å². The predicted octanol–water partition coefficient (Wildman–Crippen LogP) is 8.58. The molecule has 4 aromatic carbocycles. The second-order valence-corrected chi connectivity index (χ2v) is 38.7. The van der Waals surface area contributed by atoms with E-state index in [2.05, 4.69) is 31.3 Å². The molecule has 4 amide bonds. The Labute approximate surface area is 774 Å². The van der Waals surface area contributed by atoms with Gasteiger partial charge in [-0.2, -0.15) is 0 Å². The number of nitrogens with one attached hydrogen (secondary N) is 4. The summed E-state index contributed by atoms with van der Waals surface area (Å²) in [7, 11) is -7.46. The molecule has 2 saturated heterocycles. The number of azide groups is 1. The molecule has 2 saturated carbocycles. The number of nitrogens with zero attached hydrogens (tertiary/aromatic N) is 3. The Kier molecular flexibility index (Phi) is 40.7. The van der Waals surface area contributed by atoms with Crippen LogP contribution in [0.2, 0.25) is 0 Å². The summed E-state index contributed by atoms with van der Waals surface area (Å²) in [5.41, 5.74) is 11.8. The number of rotatable bonds is 41. The van der Waals surface area contributed by atoms with Gasteiger partial charge in [-0.15, -0.1) is 11.6 Å². The lowest BCUT2D eigenvalue weighted by Gasteiger charge is -2.46. The van der Waals surface area contributed by atoms with E-state index in [1.165, 1.54) is 0 Å². The minimum Gasteiger partial charge on any atom is -0.445 e. The molecule has 4 aromatic rings. The lowest BCUT2D eigenvalue weighted by Crippen LogP contribution is -2.59. The van der Waals surface area contributed by atoms with Gasteiger partial charge in [0, 0.05) is 29.2 Å². The van der Waals surface area contributed by atoms with Gasteiger partial charge in [-0.3, -0.25) is 0 Å². The number of halogens is 1. The molecular formula is C92H126ClN7O30S2. The van der Waals surface area contributed by atoms with Crippen molar-refractivity contribution in [2.24, 2.45) is 28.8 Å². The van der Waals surface area contributed by atoms with Gasteiger partial charge in [0.1, 0.15) is 99.4 Å². The first-order chi connectivity index (χ1) is 63.6. The fourth-order valence-electron chi connectivity index (χ4n) is 16.8. The highest BCUT2D eigenvalue weighted by Gasteiger charge is 2.56. The highest BCUT2D eigenvalue weighted by Crippen LogP contribution is 2.43. The smallest absolute Gasteiger partial charge is 0.408 e. The summed E-state index contributed by atoms with van der Waals surface area (Å²) < 4.78 is 151. The summed E-state index contributed by atoms with van der Waals surface area (Å²) in [6.07, 6.45) is -11.3. The second kappa shape index (κ2) is 51.6. The molecule has 0 bridgehead atoms. The summed E-state index contributed by atoms with van der Waals surface area (Å²) in [6, 6.07) is 33.1. The van der Waals surface area contributed by atoms with Crippen molar-refractivity contribution in [3.05, 3.63) is 203 Å². The monoisotopic (exact) mass is 1910 g/mol. The third-order valence-electron chi connectivity index (χ3n) is 23.9. The minimum absolute atomic E-state index is 0.00908. The zero-order valence-corrected chi connectivity index (χ0v) is 77.0. The topological polar surface area (TPSA) is 503 Å². The van der Waals surface area contributed by atoms with E-state index in [4.69, 9.17) is 92.9 Å². The molecule has 728 valence electrons. The third-order valence-corrected chi connectivity index (χ3v) is 27.8. The molecule has 10 N–H and O–H groups in total. The van der Waals surface area contributed by atoms with Crippen LogP contribution in [0.15, 0.2) is 175 Å². The van der Waals surface area contributed by atoms with E-state index < -0.39 is 246 Å². The van der Waals surface area contributed by atoms with Crippen LogP contribution in [-0.2, 0) is 122 Å². The van der Waals surface area contributed by atoms with E-state index in [-0.39, 0.29) is 81.8 Å². The number of ether oxygens (including phenoxy) is 16. The van der Waals surface area contributed by atoms with Crippen molar-refractivity contribution in [2.75, 3.05) is 48.6 Å². The number of amides is 4. The Morgan fingerprint density at radius 3 is 0.962 bits per heavy atom. The fourth-order valence-corrected chi connectivity index (χ4v) is 20.6. The van der Waals surface area contributed by atoms with Gasteiger partial charge in [0.2, 0.25) is 0 Å². The van der Waals surface area contributed by atoms with Crippen molar-refractivity contribution in [2.45, 2.75) is 279 Å². The standard InChI is InChI=1S/C46H63ClN2O15S.C46H63N5O15S/c1-4-32-17-19-34(48-45(53)57-25-29-13-8-6-9-14-29)42(59-32)62-39-28(3)23-31(27-65(55,56)22-12-21-47)37(51)41(39)64-44-38(52)40(36(24-50)61-44)63-43-35(20-18-33(5-2)60-43)49-46(54)58-26-30-15-10-7-11-16-30;1-4-32-17-19-34(49-45(55)59-25-29-13-8-6-9-14-29)42(61-32)64-39-28(3)23-31(27-67(57,58)22-12-21-48-51-47)37(53)41(39)66-44-38(54)40(36(24-52)63-44)65-43-35(20-18-33(5-2)62-43)50-46(56)60-26-30-15-10-7-11-16-30/h6-11,13-20,28,31-44,50-52H,4-5,12,21-27H2,1-3H3,(H,48,53)(H,49,54);6-11,13-20,28,31-44,52-54H,4-5,12,21-27H2,1-3H3,(H,49,55)(H,50,56)/t2*28-,31-,32+,33-,34+,35+,36+,37-,38+,39+,40+,41+,42+,43+,44-/m00/s1. The Balaban J connectivity index is 0.000000255. The number of sulfone groups is 2. The van der Waals surface area contributed by atoms with E-state index >= 15 is 0 Å². The number of carbonyl (C=O) groups excluding carboxylic acids is 4.